The van der Waals surface area contributed by atoms with Crippen molar-refractivity contribution in [3.63, 3.8) is 0 Å². The lowest BCUT2D eigenvalue weighted by Crippen LogP contribution is -2.23. The second-order valence-electron chi connectivity index (χ2n) is 13.2. The second kappa shape index (κ2) is 17.5. The van der Waals surface area contributed by atoms with Crippen LogP contribution in [0.3, 0.4) is 0 Å². The molecule has 1 N–H and O–H groups in total. The summed E-state index contributed by atoms with van der Waals surface area (Å²) in [6, 6.07) is 31.6. The molecule has 260 valence electrons. The Kier molecular flexibility index (Phi) is 12.2. The molecule has 1 aliphatic rings. The quantitative estimate of drug-likeness (QED) is 0.105. The van der Waals surface area contributed by atoms with E-state index in [0.29, 0.717) is 35.2 Å². The number of aromatic hydroxyl groups is 1. The lowest BCUT2D eigenvalue weighted by atomic mass is 9.98. The summed E-state index contributed by atoms with van der Waals surface area (Å²) >= 11 is 0. The van der Waals surface area contributed by atoms with Gasteiger partial charge in [0.1, 0.15) is 11.5 Å². The van der Waals surface area contributed by atoms with E-state index in [1.165, 1.54) is 43.7 Å². The number of rotatable bonds is 16. The molecule has 0 bridgehead atoms. The lowest BCUT2D eigenvalue weighted by molar-refractivity contribution is -0.125. The summed E-state index contributed by atoms with van der Waals surface area (Å²) in [5, 5.41) is 11.2. The maximum absolute atomic E-state index is 12.8. The number of hydrogen-bond donors (Lipinski definition) is 1. The number of hydrogen-bond acceptors (Lipinski definition) is 6. The molecule has 6 heteroatoms. The summed E-state index contributed by atoms with van der Waals surface area (Å²) in [4.78, 5) is 27.4. The van der Waals surface area contributed by atoms with Gasteiger partial charge in [-0.05, 0) is 60.6 Å². The molecule has 4 aromatic carbocycles. The third kappa shape index (κ3) is 9.46. The SMILES string of the molecule is CCCCCCCCCC(=O)C(C)Oc1ccc(-c2nc(-c3ccc(C4=CCCC=C4)cc3)nc(-c3ccc(-c4ccccc4)cc3)n2)c(O)c1. The van der Waals surface area contributed by atoms with E-state index in [0.717, 1.165) is 53.5 Å². The van der Waals surface area contributed by atoms with Gasteiger partial charge in [0.15, 0.2) is 29.4 Å². The Balaban J connectivity index is 1.24. The van der Waals surface area contributed by atoms with E-state index in [9.17, 15) is 9.90 Å². The summed E-state index contributed by atoms with van der Waals surface area (Å²) in [7, 11) is 0. The summed E-state index contributed by atoms with van der Waals surface area (Å²) in [6.07, 6.45) is 16.7. The molecule has 6 nitrogen and oxygen atoms in total. The van der Waals surface area contributed by atoms with E-state index in [1.54, 1.807) is 19.1 Å². The monoisotopic (exact) mass is 677 g/mol. The van der Waals surface area contributed by atoms with Crippen LogP contribution in [-0.2, 0) is 4.79 Å². The highest BCUT2D eigenvalue weighted by Gasteiger charge is 2.18. The number of nitrogens with zero attached hydrogens (tertiary/aromatic N) is 3. The van der Waals surface area contributed by atoms with E-state index in [4.69, 9.17) is 19.7 Å². The van der Waals surface area contributed by atoms with E-state index >= 15 is 0 Å². The Labute approximate surface area is 302 Å². The van der Waals surface area contributed by atoms with Crippen molar-refractivity contribution in [2.24, 2.45) is 0 Å². The van der Waals surface area contributed by atoms with Gasteiger partial charge in [0.25, 0.3) is 0 Å². The first kappa shape index (κ1) is 35.5. The molecule has 1 heterocycles. The highest BCUT2D eigenvalue weighted by molar-refractivity contribution is 5.83. The molecule has 51 heavy (non-hydrogen) atoms. The van der Waals surface area contributed by atoms with Crippen molar-refractivity contribution in [2.75, 3.05) is 0 Å². The third-order valence-electron chi connectivity index (χ3n) is 9.36. The predicted molar refractivity (Wildman–Crippen MR) is 207 cm³/mol. The number of allylic oxidation sites excluding steroid dienone is 4. The highest BCUT2D eigenvalue weighted by Crippen LogP contribution is 2.34. The first-order valence-electron chi connectivity index (χ1n) is 18.4. The van der Waals surface area contributed by atoms with Crippen molar-refractivity contribution in [3.8, 4) is 56.8 Å². The van der Waals surface area contributed by atoms with Crippen LogP contribution >= 0.6 is 0 Å². The molecule has 0 fully saturated rings. The van der Waals surface area contributed by atoms with Gasteiger partial charge in [-0.25, -0.2) is 15.0 Å². The fraction of sp³-hybridized carbons (Fsp3) is 0.289. The number of unbranched alkanes of at least 4 members (excludes halogenated alkanes) is 6. The topological polar surface area (TPSA) is 85.2 Å². The van der Waals surface area contributed by atoms with Crippen LogP contribution in [0.2, 0.25) is 0 Å². The Morgan fingerprint density at radius 1 is 0.686 bits per heavy atom. The van der Waals surface area contributed by atoms with E-state index in [-0.39, 0.29) is 11.5 Å². The number of phenolic OH excluding ortho intramolecular Hbond substituents is 1. The van der Waals surface area contributed by atoms with Crippen LogP contribution in [-0.4, -0.2) is 31.9 Å². The molecular weight excluding hydrogens is 631 g/mol. The predicted octanol–water partition coefficient (Wildman–Crippen LogP) is 11.5. The zero-order valence-electron chi connectivity index (χ0n) is 29.7. The fourth-order valence-electron chi connectivity index (χ4n) is 6.34. The van der Waals surface area contributed by atoms with Crippen LogP contribution < -0.4 is 4.74 Å². The third-order valence-corrected chi connectivity index (χ3v) is 9.36. The molecular formula is C45H47N3O3. The average molecular weight is 678 g/mol. The molecule has 0 aliphatic heterocycles. The van der Waals surface area contributed by atoms with Gasteiger partial charge in [-0.15, -0.1) is 0 Å². The van der Waals surface area contributed by atoms with Gasteiger partial charge < -0.3 is 9.84 Å². The molecule has 1 aromatic heterocycles. The zero-order valence-corrected chi connectivity index (χ0v) is 29.7. The molecule has 0 amide bonds. The van der Waals surface area contributed by atoms with Crippen LogP contribution in [0.1, 0.15) is 83.6 Å². The van der Waals surface area contributed by atoms with Gasteiger partial charge in [-0.2, -0.15) is 0 Å². The van der Waals surface area contributed by atoms with Crippen molar-refractivity contribution in [1.82, 2.24) is 15.0 Å². The fourth-order valence-corrected chi connectivity index (χ4v) is 6.34. The molecule has 0 saturated carbocycles. The summed E-state index contributed by atoms with van der Waals surface area (Å²) in [5.41, 5.74) is 6.71. The van der Waals surface area contributed by atoms with Crippen LogP contribution in [0.4, 0.5) is 0 Å². The second-order valence-corrected chi connectivity index (χ2v) is 13.2. The number of Topliss-reactive ketones (excluding diaryl/α,β-unsaturated/α-hetero) is 1. The number of ketones is 1. The Morgan fingerprint density at radius 3 is 1.90 bits per heavy atom. The first-order chi connectivity index (χ1) is 25.0. The largest absolute Gasteiger partial charge is 0.507 e. The van der Waals surface area contributed by atoms with Gasteiger partial charge in [0.05, 0.1) is 5.56 Å². The highest BCUT2D eigenvalue weighted by atomic mass is 16.5. The molecule has 1 atom stereocenters. The maximum atomic E-state index is 12.8. The minimum atomic E-state index is -0.604. The van der Waals surface area contributed by atoms with Crippen LogP contribution in [0, 0.1) is 0 Å². The normalized spacial score (nSPS) is 13.1. The van der Waals surface area contributed by atoms with Gasteiger partial charge >= 0.3 is 0 Å². The number of carbonyl (C=O) groups excluding carboxylic acids is 1. The molecule has 6 rings (SSSR count). The number of ether oxygens (including phenoxy) is 1. The minimum absolute atomic E-state index is 0.0341. The smallest absolute Gasteiger partial charge is 0.172 e. The van der Waals surface area contributed by atoms with Crippen molar-refractivity contribution in [1.29, 1.82) is 0 Å². The first-order valence-corrected chi connectivity index (χ1v) is 18.4. The summed E-state index contributed by atoms with van der Waals surface area (Å²) in [5.74, 6) is 1.81. The number of aromatic nitrogens is 3. The average Bonchev–Trinajstić information content (AvgIpc) is 3.18. The van der Waals surface area contributed by atoms with E-state index < -0.39 is 6.10 Å². The maximum Gasteiger partial charge on any atom is 0.172 e. The Bertz CT molecular complexity index is 1970. The van der Waals surface area contributed by atoms with Gasteiger partial charge in [0, 0.05) is 23.6 Å². The van der Waals surface area contributed by atoms with Crippen molar-refractivity contribution < 1.29 is 14.6 Å². The number of carbonyl (C=O) groups is 1. The van der Waals surface area contributed by atoms with E-state index in [2.05, 4.69) is 61.5 Å². The van der Waals surface area contributed by atoms with Gasteiger partial charge in [0.2, 0.25) is 0 Å². The Hall–Kier alpha value is -5.36. The van der Waals surface area contributed by atoms with Crippen molar-refractivity contribution in [3.05, 3.63) is 121 Å². The van der Waals surface area contributed by atoms with Crippen LogP contribution in [0.5, 0.6) is 11.5 Å². The molecule has 0 radical (unpaired) electrons. The van der Waals surface area contributed by atoms with Crippen LogP contribution in [0.15, 0.2) is 115 Å². The van der Waals surface area contributed by atoms with Crippen molar-refractivity contribution in [2.45, 2.75) is 84.2 Å². The molecule has 5 aromatic rings. The van der Waals surface area contributed by atoms with Gasteiger partial charge in [-0.3, -0.25) is 4.79 Å². The standard InChI is InChI=1S/C45H47N3O3/c1-3-4-5-6-7-8-15-20-41(49)32(2)51-39-29-30-40(42(50)31-39)45-47-43(37-25-21-35(22-26-37)33-16-11-9-12-17-33)46-44(48-45)38-27-23-36(24-28-38)34-18-13-10-14-19-34/h9,11-13,16-19,21-32,50H,3-8,10,14-15,20H2,1-2H3. The number of phenols is 1. The molecule has 1 aliphatic carbocycles. The molecule has 0 saturated heterocycles. The summed E-state index contributed by atoms with van der Waals surface area (Å²) < 4.78 is 5.98. The summed E-state index contributed by atoms with van der Waals surface area (Å²) in [6.45, 7) is 3.99. The van der Waals surface area contributed by atoms with E-state index in [1.807, 2.05) is 42.5 Å². The molecule has 1 unspecified atom stereocenters. The Morgan fingerprint density at radius 2 is 1.27 bits per heavy atom. The van der Waals surface area contributed by atoms with Crippen LogP contribution in [0.25, 0.3) is 50.9 Å². The van der Waals surface area contributed by atoms with Crippen molar-refractivity contribution >= 4 is 11.4 Å². The molecule has 0 spiro atoms. The van der Waals surface area contributed by atoms with Gasteiger partial charge in [-0.1, -0.05) is 143 Å². The number of benzene rings is 4. The minimum Gasteiger partial charge on any atom is -0.507 e. The lowest BCUT2D eigenvalue weighted by Gasteiger charge is -2.15. The zero-order chi connectivity index (χ0) is 35.4.